The van der Waals surface area contributed by atoms with E-state index in [0.29, 0.717) is 6.42 Å². The normalized spacial score (nSPS) is 20.9. The Hall–Kier alpha value is -2.18. The van der Waals surface area contributed by atoms with Gasteiger partial charge in [0, 0.05) is 4.47 Å². The number of amides is 1. The summed E-state index contributed by atoms with van der Waals surface area (Å²) in [5.74, 6) is 0.0582. The largest absolute Gasteiger partial charge is 0.394 e. The van der Waals surface area contributed by atoms with Crippen molar-refractivity contribution in [3.8, 4) is 0 Å². The summed E-state index contributed by atoms with van der Waals surface area (Å²) in [7, 11) is 0. The van der Waals surface area contributed by atoms with Crippen LogP contribution in [0.3, 0.4) is 0 Å². The summed E-state index contributed by atoms with van der Waals surface area (Å²) in [6, 6.07) is 16.4. The highest BCUT2D eigenvalue weighted by Crippen LogP contribution is 2.38. The first-order valence-corrected chi connectivity index (χ1v) is 9.80. The monoisotopic (exact) mass is 429 g/mol. The van der Waals surface area contributed by atoms with Gasteiger partial charge in [0.1, 0.15) is 5.54 Å². The summed E-state index contributed by atoms with van der Waals surface area (Å²) >= 11 is 3.44. The third kappa shape index (κ3) is 3.64. The molecule has 2 aromatic carbocycles. The Labute approximate surface area is 168 Å². The van der Waals surface area contributed by atoms with Crippen molar-refractivity contribution in [2.75, 3.05) is 6.61 Å². The molecule has 0 spiro atoms. The second-order valence-corrected chi connectivity index (χ2v) is 8.19. The number of hydrogen-bond donors (Lipinski definition) is 3. The average molecular weight is 430 g/mol. The van der Waals surface area contributed by atoms with Gasteiger partial charge in [-0.1, -0.05) is 72.2 Å². The lowest BCUT2D eigenvalue weighted by molar-refractivity contribution is -0.134. The second-order valence-electron chi connectivity index (χ2n) is 7.27. The van der Waals surface area contributed by atoms with Crippen molar-refractivity contribution in [2.45, 2.75) is 31.8 Å². The number of rotatable bonds is 6. The lowest BCUT2D eigenvalue weighted by atomic mass is 9.82. The van der Waals surface area contributed by atoms with E-state index in [1.54, 1.807) is 0 Å². The van der Waals surface area contributed by atoms with E-state index in [1.165, 1.54) is 4.90 Å². The van der Waals surface area contributed by atoms with Gasteiger partial charge >= 0.3 is 0 Å². The van der Waals surface area contributed by atoms with Crippen LogP contribution in [-0.2, 0) is 10.3 Å². The molecule has 0 saturated carbocycles. The van der Waals surface area contributed by atoms with E-state index in [9.17, 15) is 9.90 Å². The van der Waals surface area contributed by atoms with Crippen molar-refractivity contribution in [3.63, 3.8) is 0 Å². The Morgan fingerprint density at radius 2 is 1.89 bits per heavy atom. The van der Waals surface area contributed by atoms with Gasteiger partial charge in [-0.05, 0) is 35.6 Å². The van der Waals surface area contributed by atoms with Crippen LogP contribution in [0.2, 0.25) is 0 Å². The number of guanidine groups is 1. The van der Waals surface area contributed by atoms with E-state index >= 15 is 0 Å². The molecule has 0 bridgehead atoms. The van der Waals surface area contributed by atoms with Gasteiger partial charge in [-0.2, -0.15) is 0 Å². The summed E-state index contributed by atoms with van der Waals surface area (Å²) < 4.78 is 0.862. The van der Waals surface area contributed by atoms with Gasteiger partial charge in [-0.25, -0.2) is 0 Å². The maximum absolute atomic E-state index is 13.6. The van der Waals surface area contributed by atoms with E-state index in [1.807, 2.05) is 54.6 Å². The lowest BCUT2D eigenvalue weighted by Crippen LogP contribution is -2.45. The van der Waals surface area contributed by atoms with E-state index in [2.05, 4.69) is 35.1 Å². The molecule has 3 N–H and O–H groups in total. The summed E-state index contributed by atoms with van der Waals surface area (Å²) in [4.78, 5) is 15.0. The fourth-order valence-electron chi connectivity index (χ4n) is 3.76. The van der Waals surface area contributed by atoms with Crippen molar-refractivity contribution < 1.29 is 9.90 Å². The third-order valence-corrected chi connectivity index (χ3v) is 5.35. The molecule has 142 valence electrons. The summed E-state index contributed by atoms with van der Waals surface area (Å²) in [6.07, 6.45) is 0.561. The highest BCUT2D eigenvalue weighted by Gasteiger charge is 2.52. The predicted octanol–water partition coefficient (Wildman–Crippen LogP) is 3.79. The number of aliphatic hydroxyl groups is 1. The number of benzene rings is 2. The minimum absolute atomic E-state index is 0.0172. The summed E-state index contributed by atoms with van der Waals surface area (Å²) in [6.45, 7) is 3.85. The van der Waals surface area contributed by atoms with Crippen LogP contribution in [0.15, 0.2) is 59.1 Å². The van der Waals surface area contributed by atoms with Crippen molar-refractivity contribution in [1.29, 1.82) is 5.41 Å². The first kappa shape index (κ1) is 19.6. The second kappa shape index (κ2) is 7.82. The van der Waals surface area contributed by atoms with Crippen LogP contribution in [0.25, 0.3) is 0 Å². The standard InChI is InChI=1S/C21H24BrN3O2/c1-14(2)12-21(16-8-4-3-5-9-16)19(27)25(20(23)24-21)18(13-26)15-7-6-10-17(22)11-15/h3-11,14,18,26H,12-13H2,1-2H3,(H2,23,24)/t18-,21?/m1/s1. The molecule has 1 amide bonds. The molecular weight excluding hydrogens is 406 g/mol. The fourth-order valence-corrected chi connectivity index (χ4v) is 4.17. The average Bonchev–Trinajstić information content (AvgIpc) is 2.88. The molecule has 1 fully saturated rings. The molecule has 27 heavy (non-hydrogen) atoms. The number of halogens is 1. The molecule has 1 saturated heterocycles. The molecule has 1 aliphatic heterocycles. The number of carbonyl (C=O) groups is 1. The van der Waals surface area contributed by atoms with Crippen LogP contribution in [-0.4, -0.2) is 28.5 Å². The van der Waals surface area contributed by atoms with E-state index in [-0.39, 0.29) is 24.4 Å². The van der Waals surface area contributed by atoms with Crippen LogP contribution in [0.5, 0.6) is 0 Å². The molecule has 2 atom stereocenters. The summed E-state index contributed by atoms with van der Waals surface area (Å²) in [5, 5.41) is 21.7. The van der Waals surface area contributed by atoms with Crippen LogP contribution >= 0.6 is 15.9 Å². The highest BCUT2D eigenvalue weighted by atomic mass is 79.9. The van der Waals surface area contributed by atoms with Crippen LogP contribution in [0, 0.1) is 11.3 Å². The quantitative estimate of drug-likeness (QED) is 0.653. The van der Waals surface area contributed by atoms with Gasteiger partial charge in [0.2, 0.25) is 0 Å². The highest BCUT2D eigenvalue weighted by molar-refractivity contribution is 9.10. The van der Waals surface area contributed by atoms with Gasteiger partial charge in [0.05, 0.1) is 12.6 Å². The topological polar surface area (TPSA) is 76.4 Å². The van der Waals surface area contributed by atoms with Crippen molar-refractivity contribution in [2.24, 2.45) is 5.92 Å². The molecule has 1 unspecified atom stereocenters. The number of hydrogen-bond acceptors (Lipinski definition) is 3. The molecule has 6 heteroatoms. The molecule has 3 rings (SSSR count). The molecular formula is C21H24BrN3O2. The zero-order chi connectivity index (χ0) is 19.6. The fraction of sp³-hybridized carbons (Fsp3) is 0.333. The number of carbonyl (C=O) groups excluding carboxylic acids is 1. The minimum Gasteiger partial charge on any atom is -0.394 e. The maximum Gasteiger partial charge on any atom is 0.260 e. The number of nitrogens with one attached hydrogen (secondary N) is 2. The molecule has 0 radical (unpaired) electrons. The SMILES string of the molecule is CC(C)CC1(c2ccccc2)NC(=N)N([C@H](CO)c2cccc(Br)c2)C1=O. The van der Waals surface area contributed by atoms with Gasteiger partial charge in [-0.3, -0.25) is 15.1 Å². The van der Waals surface area contributed by atoms with Gasteiger partial charge in [0.25, 0.3) is 5.91 Å². The Kier molecular flexibility index (Phi) is 5.67. The zero-order valence-electron chi connectivity index (χ0n) is 15.4. The van der Waals surface area contributed by atoms with E-state index < -0.39 is 11.6 Å². The Bertz CT molecular complexity index is 840. The Morgan fingerprint density at radius 1 is 1.19 bits per heavy atom. The van der Waals surface area contributed by atoms with Gasteiger partial charge in [0.15, 0.2) is 5.96 Å². The van der Waals surface area contributed by atoms with Crippen molar-refractivity contribution in [3.05, 3.63) is 70.2 Å². The molecule has 0 aliphatic carbocycles. The third-order valence-electron chi connectivity index (χ3n) is 4.86. The molecule has 1 heterocycles. The molecule has 2 aromatic rings. The summed E-state index contributed by atoms with van der Waals surface area (Å²) in [5.41, 5.74) is 0.619. The van der Waals surface area contributed by atoms with Gasteiger partial charge < -0.3 is 10.4 Å². The van der Waals surface area contributed by atoms with Crippen LogP contribution < -0.4 is 5.32 Å². The smallest absolute Gasteiger partial charge is 0.260 e. The van der Waals surface area contributed by atoms with Crippen molar-refractivity contribution >= 4 is 27.8 Å². The zero-order valence-corrected chi connectivity index (χ0v) is 17.0. The molecule has 5 nitrogen and oxygen atoms in total. The first-order chi connectivity index (χ1) is 12.9. The minimum atomic E-state index is -0.994. The van der Waals surface area contributed by atoms with Crippen LogP contribution in [0.1, 0.15) is 37.4 Å². The maximum atomic E-state index is 13.6. The first-order valence-electron chi connectivity index (χ1n) is 9.01. The number of aliphatic hydroxyl groups excluding tert-OH is 1. The van der Waals surface area contributed by atoms with E-state index in [0.717, 1.165) is 15.6 Å². The predicted molar refractivity (Wildman–Crippen MR) is 109 cm³/mol. The molecule has 0 aromatic heterocycles. The lowest BCUT2D eigenvalue weighted by Gasteiger charge is -2.31. The number of nitrogens with zero attached hydrogens (tertiary/aromatic N) is 1. The Morgan fingerprint density at radius 3 is 2.48 bits per heavy atom. The van der Waals surface area contributed by atoms with Gasteiger partial charge in [-0.15, -0.1) is 0 Å². The van der Waals surface area contributed by atoms with Crippen LogP contribution in [0.4, 0.5) is 0 Å². The molecule has 1 aliphatic rings. The van der Waals surface area contributed by atoms with Crippen molar-refractivity contribution in [1.82, 2.24) is 10.2 Å². The van der Waals surface area contributed by atoms with E-state index in [4.69, 9.17) is 5.41 Å². The Balaban J connectivity index is 2.06.